The number of amides is 1. The van der Waals surface area contributed by atoms with Crippen LogP contribution in [0.15, 0.2) is 0 Å². The van der Waals surface area contributed by atoms with Crippen molar-refractivity contribution in [2.24, 2.45) is 5.92 Å². The van der Waals surface area contributed by atoms with Crippen molar-refractivity contribution in [2.75, 3.05) is 33.3 Å². The summed E-state index contributed by atoms with van der Waals surface area (Å²) in [5.74, 6) is 0.211. The van der Waals surface area contributed by atoms with E-state index in [2.05, 4.69) is 23.9 Å². The number of carbonyl (C=O) groups is 2. The molecule has 5 heteroatoms. The maximum absolute atomic E-state index is 12.0. The van der Waals surface area contributed by atoms with Gasteiger partial charge in [0.25, 0.3) is 0 Å². The second kappa shape index (κ2) is 9.88. The predicted octanol–water partition coefficient (Wildman–Crippen LogP) is 1.03. The summed E-state index contributed by atoms with van der Waals surface area (Å²) in [4.78, 5) is 24.8. The van der Waals surface area contributed by atoms with Gasteiger partial charge in [-0.15, -0.1) is 0 Å². The van der Waals surface area contributed by atoms with E-state index in [1.54, 1.807) is 4.90 Å². The number of methoxy groups -OCH3 is 1. The molecule has 0 atom stereocenters. The van der Waals surface area contributed by atoms with Gasteiger partial charge < -0.3 is 15.0 Å². The molecule has 0 rings (SSSR count). The summed E-state index contributed by atoms with van der Waals surface area (Å²) in [6, 6.07) is 0. The molecule has 0 bridgehead atoms. The molecule has 0 aromatic carbocycles. The van der Waals surface area contributed by atoms with Crippen LogP contribution in [0, 0.1) is 5.92 Å². The Morgan fingerprint density at radius 3 is 2.44 bits per heavy atom. The number of nitrogens with one attached hydrogen (secondary N) is 1. The molecule has 0 aromatic heterocycles. The first kappa shape index (κ1) is 16.9. The Labute approximate surface area is 110 Å². The Morgan fingerprint density at radius 1 is 1.28 bits per heavy atom. The van der Waals surface area contributed by atoms with Crippen molar-refractivity contribution in [3.05, 3.63) is 0 Å². The second-order valence-corrected chi connectivity index (χ2v) is 4.66. The third kappa shape index (κ3) is 8.06. The summed E-state index contributed by atoms with van der Waals surface area (Å²) in [5, 5.41) is 3.12. The average Bonchev–Trinajstić information content (AvgIpc) is 2.33. The van der Waals surface area contributed by atoms with E-state index in [-0.39, 0.29) is 18.3 Å². The van der Waals surface area contributed by atoms with Crippen LogP contribution in [0.1, 0.15) is 33.6 Å². The van der Waals surface area contributed by atoms with Crippen LogP contribution in [0.2, 0.25) is 0 Å². The van der Waals surface area contributed by atoms with Crippen LogP contribution in [0.5, 0.6) is 0 Å². The molecule has 1 amide bonds. The highest BCUT2D eigenvalue weighted by atomic mass is 16.5. The third-order valence-electron chi connectivity index (χ3n) is 2.52. The molecule has 0 aromatic rings. The van der Waals surface area contributed by atoms with Crippen molar-refractivity contribution < 1.29 is 14.3 Å². The van der Waals surface area contributed by atoms with Gasteiger partial charge in [-0.3, -0.25) is 9.59 Å². The number of nitrogens with zero attached hydrogens (tertiary/aromatic N) is 1. The molecule has 0 aliphatic heterocycles. The lowest BCUT2D eigenvalue weighted by molar-refractivity contribution is -0.141. The van der Waals surface area contributed by atoms with Crippen LogP contribution in [-0.4, -0.2) is 50.1 Å². The molecule has 0 fully saturated rings. The fourth-order valence-electron chi connectivity index (χ4n) is 1.62. The molecule has 0 unspecified atom stereocenters. The SMILES string of the molecule is CCNCCC(=O)N(CCC(=O)OC)CC(C)C. The van der Waals surface area contributed by atoms with Gasteiger partial charge in [-0.25, -0.2) is 0 Å². The lowest BCUT2D eigenvalue weighted by Gasteiger charge is -2.24. The van der Waals surface area contributed by atoms with Crippen LogP contribution in [0.4, 0.5) is 0 Å². The molecule has 5 nitrogen and oxygen atoms in total. The van der Waals surface area contributed by atoms with Gasteiger partial charge in [0.1, 0.15) is 0 Å². The number of hydrogen-bond donors (Lipinski definition) is 1. The van der Waals surface area contributed by atoms with E-state index in [0.717, 1.165) is 6.54 Å². The Bertz CT molecular complexity index is 255. The zero-order valence-corrected chi connectivity index (χ0v) is 12.0. The molecule has 0 aliphatic carbocycles. The van der Waals surface area contributed by atoms with Crippen LogP contribution >= 0.6 is 0 Å². The highest BCUT2D eigenvalue weighted by Crippen LogP contribution is 2.03. The van der Waals surface area contributed by atoms with Gasteiger partial charge in [-0.1, -0.05) is 20.8 Å². The Balaban J connectivity index is 4.19. The van der Waals surface area contributed by atoms with Crippen molar-refractivity contribution in [3.8, 4) is 0 Å². The highest BCUT2D eigenvalue weighted by Gasteiger charge is 2.15. The van der Waals surface area contributed by atoms with Crippen LogP contribution in [-0.2, 0) is 14.3 Å². The molecular weight excluding hydrogens is 232 g/mol. The Kier molecular flexibility index (Phi) is 9.28. The summed E-state index contributed by atoms with van der Waals surface area (Å²) in [6.07, 6.45) is 0.734. The molecule has 0 heterocycles. The van der Waals surface area contributed by atoms with Crippen LogP contribution in [0.25, 0.3) is 0 Å². The van der Waals surface area contributed by atoms with Gasteiger partial charge >= 0.3 is 5.97 Å². The lowest BCUT2D eigenvalue weighted by atomic mass is 10.2. The summed E-state index contributed by atoms with van der Waals surface area (Å²) in [5.41, 5.74) is 0. The average molecular weight is 258 g/mol. The minimum atomic E-state index is -0.275. The van der Waals surface area contributed by atoms with Gasteiger partial charge in [-0.2, -0.15) is 0 Å². The third-order valence-corrected chi connectivity index (χ3v) is 2.52. The van der Waals surface area contributed by atoms with E-state index >= 15 is 0 Å². The molecule has 0 aliphatic rings. The lowest BCUT2D eigenvalue weighted by Crippen LogP contribution is -2.37. The normalized spacial score (nSPS) is 10.5. The molecule has 18 heavy (non-hydrogen) atoms. The van der Waals surface area contributed by atoms with Crippen molar-refractivity contribution in [3.63, 3.8) is 0 Å². The van der Waals surface area contributed by atoms with Gasteiger partial charge in [0.15, 0.2) is 0 Å². The quantitative estimate of drug-likeness (QED) is 0.496. The summed E-state index contributed by atoms with van der Waals surface area (Å²) in [6.45, 7) is 8.79. The topological polar surface area (TPSA) is 58.6 Å². The first-order valence-corrected chi connectivity index (χ1v) is 6.56. The summed E-state index contributed by atoms with van der Waals surface area (Å²) >= 11 is 0. The van der Waals surface area contributed by atoms with E-state index in [4.69, 9.17) is 0 Å². The van der Waals surface area contributed by atoms with Gasteiger partial charge in [0, 0.05) is 26.1 Å². The zero-order chi connectivity index (χ0) is 14.0. The molecule has 0 saturated heterocycles. The minimum absolute atomic E-state index is 0.0913. The molecular formula is C13H26N2O3. The van der Waals surface area contributed by atoms with Crippen LogP contribution in [0.3, 0.4) is 0 Å². The van der Waals surface area contributed by atoms with E-state index in [9.17, 15) is 9.59 Å². The van der Waals surface area contributed by atoms with E-state index in [1.165, 1.54) is 7.11 Å². The van der Waals surface area contributed by atoms with E-state index < -0.39 is 0 Å². The smallest absolute Gasteiger partial charge is 0.307 e. The maximum atomic E-state index is 12.0. The number of esters is 1. The maximum Gasteiger partial charge on any atom is 0.307 e. The molecule has 106 valence electrons. The number of rotatable bonds is 9. The number of hydrogen-bond acceptors (Lipinski definition) is 4. The summed E-state index contributed by atoms with van der Waals surface area (Å²) < 4.78 is 4.59. The van der Waals surface area contributed by atoms with Gasteiger partial charge in [0.05, 0.1) is 13.5 Å². The standard InChI is InChI=1S/C13H26N2O3/c1-5-14-8-6-12(16)15(10-11(2)3)9-7-13(17)18-4/h11,14H,5-10H2,1-4H3. The van der Waals surface area contributed by atoms with Crippen molar-refractivity contribution in [1.29, 1.82) is 0 Å². The minimum Gasteiger partial charge on any atom is -0.469 e. The Hall–Kier alpha value is -1.10. The first-order chi connectivity index (χ1) is 8.51. The zero-order valence-electron chi connectivity index (χ0n) is 12.0. The van der Waals surface area contributed by atoms with Crippen molar-refractivity contribution in [2.45, 2.75) is 33.6 Å². The van der Waals surface area contributed by atoms with Gasteiger partial charge in [0.2, 0.25) is 5.91 Å². The summed E-state index contributed by atoms with van der Waals surface area (Å²) in [7, 11) is 1.36. The Morgan fingerprint density at radius 2 is 1.94 bits per heavy atom. The monoisotopic (exact) mass is 258 g/mol. The van der Waals surface area contributed by atoms with Gasteiger partial charge in [-0.05, 0) is 12.5 Å². The second-order valence-electron chi connectivity index (χ2n) is 4.66. The highest BCUT2D eigenvalue weighted by molar-refractivity contribution is 5.77. The molecule has 0 spiro atoms. The van der Waals surface area contributed by atoms with Crippen LogP contribution < -0.4 is 5.32 Å². The number of ether oxygens (including phenoxy) is 1. The predicted molar refractivity (Wildman–Crippen MR) is 71.2 cm³/mol. The van der Waals surface area contributed by atoms with Crippen molar-refractivity contribution in [1.82, 2.24) is 10.2 Å². The molecule has 0 radical (unpaired) electrons. The van der Waals surface area contributed by atoms with E-state index in [1.807, 2.05) is 6.92 Å². The fourth-order valence-corrected chi connectivity index (χ4v) is 1.62. The van der Waals surface area contributed by atoms with Crippen molar-refractivity contribution >= 4 is 11.9 Å². The fraction of sp³-hybridized carbons (Fsp3) is 0.846. The molecule has 0 saturated carbocycles. The number of carbonyl (C=O) groups excluding carboxylic acids is 2. The largest absolute Gasteiger partial charge is 0.469 e. The first-order valence-electron chi connectivity index (χ1n) is 6.56. The van der Waals surface area contributed by atoms with E-state index in [0.29, 0.717) is 32.0 Å². The molecule has 1 N–H and O–H groups in total.